The van der Waals surface area contributed by atoms with E-state index in [-0.39, 0.29) is 37.5 Å². The number of fused-ring (bicyclic) bond motifs is 1. The number of aromatic nitrogens is 2. The second-order valence-electron chi connectivity index (χ2n) is 9.64. The van der Waals surface area contributed by atoms with Gasteiger partial charge in [0.1, 0.15) is 0 Å². The molecule has 0 aliphatic heterocycles. The molecular formula is C25H40N4O3S. The van der Waals surface area contributed by atoms with Gasteiger partial charge >= 0.3 is 5.69 Å². The van der Waals surface area contributed by atoms with Gasteiger partial charge in [0.25, 0.3) is 5.91 Å². The Kier molecular flexibility index (Phi) is 9.79. The van der Waals surface area contributed by atoms with Gasteiger partial charge in [-0.3, -0.25) is 14.2 Å². The van der Waals surface area contributed by atoms with Gasteiger partial charge in [0.15, 0.2) is 0 Å². The van der Waals surface area contributed by atoms with Gasteiger partial charge in [-0.05, 0) is 68.1 Å². The first-order chi connectivity index (χ1) is 15.3. The number of hydrogen-bond donors (Lipinski definition) is 2. The summed E-state index contributed by atoms with van der Waals surface area (Å²) < 4.78 is 2.79. The lowest BCUT2D eigenvalue weighted by atomic mass is 9.68. The summed E-state index contributed by atoms with van der Waals surface area (Å²) in [6, 6.07) is 5.05. The first-order valence-electron chi connectivity index (χ1n) is 12.0. The predicted octanol–water partition coefficient (Wildman–Crippen LogP) is 3.75. The highest BCUT2D eigenvalue weighted by Gasteiger charge is 2.31. The summed E-state index contributed by atoms with van der Waals surface area (Å²) >= 11 is 0. The van der Waals surface area contributed by atoms with Crippen molar-refractivity contribution in [1.29, 1.82) is 0 Å². The van der Waals surface area contributed by atoms with Gasteiger partial charge in [0.05, 0.1) is 11.0 Å². The molecule has 0 spiro atoms. The zero-order valence-corrected chi connectivity index (χ0v) is 21.4. The number of rotatable bonds is 8. The lowest BCUT2D eigenvalue weighted by Crippen LogP contribution is -2.32. The van der Waals surface area contributed by atoms with Crippen molar-refractivity contribution in [2.75, 3.05) is 13.1 Å². The monoisotopic (exact) mass is 476 g/mol. The lowest BCUT2D eigenvalue weighted by Gasteiger charge is -2.37. The average molecular weight is 477 g/mol. The molecule has 0 saturated heterocycles. The summed E-state index contributed by atoms with van der Waals surface area (Å²) in [5, 5.41) is 2.77. The van der Waals surface area contributed by atoms with Crippen molar-refractivity contribution in [2.45, 2.75) is 66.3 Å². The van der Waals surface area contributed by atoms with Crippen molar-refractivity contribution in [3.05, 3.63) is 34.2 Å². The largest absolute Gasteiger partial charge is 0.352 e. The zero-order chi connectivity index (χ0) is 23.4. The number of nitrogens with two attached hydrogens (primary N) is 1. The maximum atomic E-state index is 13.3. The number of nitrogens with zero attached hydrogens (tertiary/aromatic N) is 2. The standard InChI is InChI=1S/C25H38N4O3.H2S/c1-5-27-24(31)19-7-10-21-22(15-19)28(13-12-26)25(32)29(21)23(30)11-8-18-14-17(4)6-9-20(18)16(2)3;/h7,10,15-18,20H,5-6,8-9,11-14,26H2,1-4H3,(H,27,31);1H2/t17-,18?,20+;/m1./s1. The Labute approximate surface area is 203 Å². The van der Waals surface area contributed by atoms with E-state index in [0.29, 0.717) is 59.8 Å². The first kappa shape index (κ1) is 27.2. The van der Waals surface area contributed by atoms with Crippen LogP contribution in [0.1, 0.15) is 75.0 Å². The Balaban J connectivity index is 0.00000385. The summed E-state index contributed by atoms with van der Waals surface area (Å²) in [7, 11) is 0. The molecule has 3 atom stereocenters. The van der Waals surface area contributed by atoms with Crippen LogP contribution in [0.25, 0.3) is 11.0 Å². The molecule has 184 valence electrons. The van der Waals surface area contributed by atoms with Crippen molar-refractivity contribution in [1.82, 2.24) is 14.5 Å². The summed E-state index contributed by atoms with van der Waals surface area (Å²) in [5.41, 5.74) is 6.93. The van der Waals surface area contributed by atoms with E-state index >= 15 is 0 Å². The van der Waals surface area contributed by atoms with Gasteiger partial charge in [0, 0.05) is 31.6 Å². The van der Waals surface area contributed by atoms with Gasteiger partial charge in [-0.1, -0.05) is 27.2 Å². The van der Waals surface area contributed by atoms with Gasteiger partial charge in [-0.25, -0.2) is 9.36 Å². The summed E-state index contributed by atoms with van der Waals surface area (Å²) in [5.74, 6) is 2.05. The molecule has 7 nitrogen and oxygen atoms in total. The third-order valence-electron chi connectivity index (χ3n) is 7.02. The Bertz CT molecular complexity index is 1030. The molecule has 1 aliphatic rings. The van der Waals surface area contributed by atoms with Crippen LogP contribution in [-0.2, 0) is 6.54 Å². The normalized spacial score (nSPS) is 20.6. The topological polar surface area (TPSA) is 99.1 Å². The predicted molar refractivity (Wildman–Crippen MR) is 138 cm³/mol. The fourth-order valence-electron chi connectivity index (χ4n) is 5.40. The van der Waals surface area contributed by atoms with Crippen LogP contribution in [-0.4, -0.2) is 34.0 Å². The second kappa shape index (κ2) is 11.9. The van der Waals surface area contributed by atoms with Crippen LogP contribution >= 0.6 is 13.5 Å². The zero-order valence-electron chi connectivity index (χ0n) is 20.4. The molecule has 1 fully saturated rings. The molecule has 1 aromatic carbocycles. The van der Waals surface area contributed by atoms with Crippen LogP contribution < -0.4 is 16.7 Å². The molecule has 3 rings (SSSR count). The second-order valence-corrected chi connectivity index (χ2v) is 9.64. The summed E-state index contributed by atoms with van der Waals surface area (Å²) in [6.07, 6.45) is 4.78. The Morgan fingerprint density at radius 1 is 1.21 bits per heavy atom. The molecule has 2 aromatic rings. The molecule has 8 heteroatoms. The lowest BCUT2D eigenvalue weighted by molar-refractivity contribution is 0.0851. The van der Waals surface area contributed by atoms with E-state index in [9.17, 15) is 14.4 Å². The number of nitrogens with one attached hydrogen (secondary N) is 1. The number of carbonyl (C=O) groups excluding carboxylic acids is 2. The molecule has 1 unspecified atom stereocenters. The fourth-order valence-corrected chi connectivity index (χ4v) is 5.40. The third-order valence-corrected chi connectivity index (χ3v) is 7.02. The highest BCUT2D eigenvalue weighted by Crippen LogP contribution is 2.40. The maximum absolute atomic E-state index is 13.3. The van der Waals surface area contributed by atoms with Crippen LogP contribution in [0.3, 0.4) is 0 Å². The van der Waals surface area contributed by atoms with Crippen molar-refractivity contribution in [2.24, 2.45) is 29.4 Å². The van der Waals surface area contributed by atoms with Gasteiger partial charge in [-0.2, -0.15) is 13.5 Å². The molecule has 1 aliphatic carbocycles. The average Bonchev–Trinajstić information content (AvgIpc) is 3.03. The number of benzene rings is 1. The van der Waals surface area contributed by atoms with E-state index in [1.54, 1.807) is 18.2 Å². The van der Waals surface area contributed by atoms with E-state index in [0.717, 1.165) is 12.8 Å². The van der Waals surface area contributed by atoms with Crippen molar-refractivity contribution >= 4 is 36.3 Å². The van der Waals surface area contributed by atoms with E-state index in [4.69, 9.17) is 5.73 Å². The van der Waals surface area contributed by atoms with Crippen LogP contribution in [0, 0.1) is 23.7 Å². The molecule has 1 amide bonds. The number of amides is 1. The van der Waals surface area contributed by atoms with Crippen LogP contribution in [0.5, 0.6) is 0 Å². The van der Waals surface area contributed by atoms with Gasteiger partial charge in [-0.15, -0.1) is 0 Å². The molecule has 0 radical (unpaired) electrons. The Morgan fingerprint density at radius 3 is 2.58 bits per heavy atom. The Hall–Kier alpha value is -2.06. The van der Waals surface area contributed by atoms with Crippen LogP contribution in [0.4, 0.5) is 0 Å². The van der Waals surface area contributed by atoms with Gasteiger partial charge in [0.2, 0.25) is 5.91 Å². The molecule has 1 aromatic heterocycles. The maximum Gasteiger partial charge on any atom is 0.336 e. The molecule has 33 heavy (non-hydrogen) atoms. The minimum atomic E-state index is -0.374. The van der Waals surface area contributed by atoms with Gasteiger partial charge < -0.3 is 11.1 Å². The Morgan fingerprint density at radius 2 is 1.94 bits per heavy atom. The number of imidazole rings is 1. The highest BCUT2D eigenvalue weighted by atomic mass is 32.1. The quantitative estimate of drug-likeness (QED) is 0.606. The smallest absolute Gasteiger partial charge is 0.336 e. The fraction of sp³-hybridized carbons (Fsp3) is 0.640. The van der Waals surface area contributed by atoms with E-state index in [1.165, 1.54) is 22.0 Å². The third kappa shape index (κ3) is 5.90. The molecular weight excluding hydrogens is 436 g/mol. The summed E-state index contributed by atoms with van der Waals surface area (Å²) in [4.78, 5) is 38.7. The summed E-state index contributed by atoms with van der Waals surface area (Å²) in [6.45, 7) is 9.77. The number of hydrogen-bond acceptors (Lipinski definition) is 4. The van der Waals surface area contributed by atoms with E-state index < -0.39 is 0 Å². The minimum absolute atomic E-state index is 0. The van der Waals surface area contributed by atoms with Crippen LogP contribution in [0.15, 0.2) is 23.0 Å². The van der Waals surface area contributed by atoms with Crippen molar-refractivity contribution in [3.8, 4) is 0 Å². The van der Waals surface area contributed by atoms with Crippen molar-refractivity contribution in [3.63, 3.8) is 0 Å². The van der Waals surface area contributed by atoms with Crippen molar-refractivity contribution < 1.29 is 9.59 Å². The molecule has 3 N–H and O–H groups in total. The minimum Gasteiger partial charge on any atom is -0.352 e. The van der Waals surface area contributed by atoms with E-state index in [1.807, 2.05) is 6.92 Å². The van der Waals surface area contributed by atoms with Crippen LogP contribution in [0.2, 0.25) is 0 Å². The molecule has 1 saturated carbocycles. The highest BCUT2D eigenvalue weighted by molar-refractivity contribution is 7.59. The molecule has 1 heterocycles. The van der Waals surface area contributed by atoms with E-state index in [2.05, 4.69) is 26.1 Å². The molecule has 0 bridgehead atoms. The SMILES string of the molecule is CCNC(=O)c1ccc2c(c1)n(CCN)c(=O)n2C(=O)CCC1C[C@H](C)CC[C@H]1C(C)C.S. The number of carbonyl (C=O) groups is 2. The first-order valence-corrected chi connectivity index (χ1v) is 12.0.